The van der Waals surface area contributed by atoms with Gasteiger partial charge in [0.05, 0.1) is 48.0 Å². The minimum atomic E-state index is -1.50. The Kier molecular flexibility index (Phi) is 9.76. The van der Waals surface area contributed by atoms with Crippen LogP contribution in [0.2, 0.25) is 5.02 Å². The van der Waals surface area contributed by atoms with Gasteiger partial charge < -0.3 is 34.4 Å². The van der Waals surface area contributed by atoms with Gasteiger partial charge in [-0.1, -0.05) is 78.4 Å². The standard InChI is InChI=1S/C36H40ClN3O8/c1-21-11-10-14-24(37)30(21)39-18-9-5-8-15-27(42)38-25(20-46-3)31(23-12-6-4-7-13-23)47-35(45)28-26-16-17-36(48-26)29(28)33(43)40(22(2)19-41)32(36)34(39)44/h4-7,9-14,16-17,22,25-26,28-29,31-32,41H,8,15,18-20H2,1-3H3,(H,38,42)/b9-5-/t22-,25+,26-,28+,29+,31+,32-,36+/m1/s1. The molecule has 0 saturated carbocycles. The lowest BCUT2D eigenvalue weighted by molar-refractivity contribution is -0.162. The van der Waals surface area contributed by atoms with Crippen molar-refractivity contribution in [1.82, 2.24) is 10.2 Å². The van der Waals surface area contributed by atoms with Gasteiger partial charge in [-0.05, 0) is 37.5 Å². The third-order valence-electron chi connectivity index (χ3n) is 9.70. The molecule has 0 aromatic heterocycles. The number of hydrogen-bond donors (Lipinski definition) is 2. The Morgan fingerprint density at radius 3 is 2.56 bits per heavy atom. The number of rotatable bonds is 6. The van der Waals surface area contributed by atoms with Crippen molar-refractivity contribution in [2.45, 2.75) is 62.6 Å². The Hall–Kier alpha value is -4.03. The SMILES string of the molecule is COC[C@@H]1NC(=O)CC/C=C\CN(c2c(C)cccc2Cl)C(=O)[C@H]2N([C@H](C)CO)C(=O)[C@@H]3[C@@H](C(=O)O[C@H]1c1ccccc1)[C@H]1C=C[C@]32O1. The number of carbonyl (C=O) groups excluding carboxylic acids is 4. The first kappa shape index (κ1) is 33.9. The highest BCUT2D eigenvalue weighted by Gasteiger charge is 2.74. The molecule has 0 radical (unpaired) electrons. The summed E-state index contributed by atoms with van der Waals surface area (Å²) in [6.07, 6.45) is 5.72. The number of hydrogen-bond acceptors (Lipinski definition) is 8. The van der Waals surface area contributed by atoms with Gasteiger partial charge in [-0.3, -0.25) is 19.2 Å². The molecule has 1 spiro atoms. The van der Waals surface area contributed by atoms with Gasteiger partial charge in [0.15, 0.2) is 0 Å². The number of carbonyl (C=O) groups is 4. The van der Waals surface area contributed by atoms with E-state index in [2.05, 4.69) is 5.32 Å². The molecule has 2 aromatic carbocycles. The number of benzene rings is 2. The maximum atomic E-state index is 14.9. The van der Waals surface area contributed by atoms with Gasteiger partial charge in [0, 0.05) is 20.1 Å². The van der Waals surface area contributed by atoms with Crippen molar-refractivity contribution in [2.24, 2.45) is 11.8 Å². The number of methoxy groups -OCH3 is 1. The first-order chi connectivity index (χ1) is 23.1. The molecule has 6 rings (SSSR count). The summed E-state index contributed by atoms with van der Waals surface area (Å²) in [5.74, 6) is -4.14. The third kappa shape index (κ3) is 5.83. The van der Waals surface area contributed by atoms with Crippen LogP contribution in [0.3, 0.4) is 0 Å². The number of halogens is 1. The van der Waals surface area contributed by atoms with Gasteiger partial charge in [0.25, 0.3) is 5.91 Å². The number of aliphatic hydroxyl groups is 1. The Bertz CT molecular complexity index is 1610. The molecule has 8 atom stereocenters. The summed E-state index contributed by atoms with van der Waals surface area (Å²) in [6.45, 7) is 3.21. The Morgan fingerprint density at radius 1 is 1.08 bits per heavy atom. The fourth-order valence-electron chi connectivity index (χ4n) is 7.53. The summed E-state index contributed by atoms with van der Waals surface area (Å²) in [7, 11) is 1.50. The number of nitrogens with zero attached hydrogens (tertiary/aromatic N) is 2. The fraction of sp³-hybridized carbons (Fsp3) is 0.444. The van der Waals surface area contributed by atoms with Crippen molar-refractivity contribution in [1.29, 1.82) is 0 Å². The molecule has 48 heavy (non-hydrogen) atoms. The van der Waals surface area contributed by atoms with Crippen LogP contribution in [0.5, 0.6) is 0 Å². The molecule has 4 heterocycles. The van der Waals surface area contributed by atoms with E-state index < -0.39 is 72.2 Å². The highest BCUT2D eigenvalue weighted by atomic mass is 35.5. The molecule has 5 bridgehead atoms. The van der Waals surface area contributed by atoms with Crippen molar-refractivity contribution in [3.63, 3.8) is 0 Å². The van der Waals surface area contributed by atoms with Crippen LogP contribution < -0.4 is 10.2 Å². The lowest BCUT2D eigenvalue weighted by Crippen LogP contribution is -2.58. The molecule has 12 heteroatoms. The van der Waals surface area contributed by atoms with E-state index in [1.165, 1.54) is 16.9 Å². The molecule has 2 aromatic rings. The number of aliphatic hydroxyl groups excluding tert-OH is 1. The Morgan fingerprint density at radius 2 is 1.85 bits per heavy atom. The number of nitrogens with one attached hydrogen (secondary N) is 1. The van der Waals surface area contributed by atoms with Gasteiger partial charge in [0.2, 0.25) is 11.8 Å². The molecule has 0 aliphatic carbocycles. The molecular formula is C36H40ClN3O8. The second kappa shape index (κ2) is 13.8. The lowest BCUT2D eigenvalue weighted by Gasteiger charge is -2.38. The Labute approximate surface area is 284 Å². The normalized spacial score (nSPS) is 31.9. The topological polar surface area (TPSA) is 135 Å². The van der Waals surface area contributed by atoms with E-state index in [1.54, 1.807) is 61.5 Å². The number of allylic oxidation sites excluding steroid dienone is 1. The van der Waals surface area contributed by atoms with Crippen molar-refractivity contribution in [3.05, 3.63) is 89.0 Å². The number of aryl methyl sites for hydroxylation is 1. The molecule has 11 nitrogen and oxygen atoms in total. The Balaban J connectivity index is 1.48. The summed E-state index contributed by atoms with van der Waals surface area (Å²) < 4.78 is 18.2. The smallest absolute Gasteiger partial charge is 0.313 e. The number of esters is 1. The second-order valence-corrected chi connectivity index (χ2v) is 13.1. The molecule has 4 aliphatic rings. The summed E-state index contributed by atoms with van der Waals surface area (Å²) in [6, 6.07) is 11.6. The number of amides is 3. The predicted octanol–water partition coefficient (Wildman–Crippen LogP) is 3.28. The summed E-state index contributed by atoms with van der Waals surface area (Å²) in [4.78, 5) is 59.8. The van der Waals surface area contributed by atoms with Gasteiger partial charge in [-0.15, -0.1) is 0 Å². The van der Waals surface area contributed by atoms with Gasteiger partial charge in [-0.2, -0.15) is 0 Å². The van der Waals surface area contributed by atoms with E-state index in [-0.39, 0.29) is 25.5 Å². The molecule has 2 fully saturated rings. The summed E-state index contributed by atoms with van der Waals surface area (Å²) in [5, 5.41) is 13.6. The van der Waals surface area contributed by atoms with Crippen molar-refractivity contribution in [3.8, 4) is 0 Å². The van der Waals surface area contributed by atoms with Crippen LogP contribution in [0.1, 0.15) is 37.0 Å². The van der Waals surface area contributed by atoms with E-state index in [9.17, 15) is 24.3 Å². The molecule has 4 aliphatic heterocycles. The first-order valence-electron chi connectivity index (χ1n) is 16.2. The number of anilines is 1. The fourth-order valence-corrected chi connectivity index (χ4v) is 7.85. The predicted molar refractivity (Wildman–Crippen MR) is 177 cm³/mol. The van der Waals surface area contributed by atoms with Crippen LogP contribution in [0.25, 0.3) is 0 Å². The molecule has 2 saturated heterocycles. The third-order valence-corrected chi connectivity index (χ3v) is 10.0. The average Bonchev–Trinajstić information content (AvgIpc) is 3.72. The zero-order valence-electron chi connectivity index (χ0n) is 27.1. The molecule has 0 unspecified atom stereocenters. The van der Waals surface area contributed by atoms with Crippen molar-refractivity contribution >= 4 is 41.0 Å². The molecule has 254 valence electrons. The van der Waals surface area contributed by atoms with E-state index in [1.807, 2.05) is 25.1 Å². The average molecular weight is 678 g/mol. The zero-order chi connectivity index (χ0) is 34.2. The van der Waals surface area contributed by atoms with E-state index in [0.29, 0.717) is 22.7 Å². The van der Waals surface area contributed by atoms with E-state index in [0.717, 1.165) is 5.56 Å². The minimum absolute atomic E-state index is 0.0513. The number of ether oxygens (including phenoxy) is 3. The second-order valence-electron chi connectivity index (χ2n) is 12.7. The van der Waals surface area contributed by atoms with Crippen LogP contribution in [0.4, 0.5) is 5.69 Å². The number of fused-ring (bicyclic) bond motifs is 2. The van der Waals surface area contributed by atoms with E-state index >= 15 is 0 Å². The van der Waals surface area contributed by atoms with Crippen LogP contribution in [-0.4, -0.2) is 90.4 Å². The highest BCUT2D eigenvalue weighted by molar-refractivity contribution is 6.34. The summed E-state index contributed by atoms with van der Waals surface area (Å²) >= 11 is 6.70. The van der Waals surface area contributed by atoms with Crippen LogP contribution >= 0.6 is 11.6 Å². The lowest BCUT2D eigenvalue weighted by atomic mass is 9.74. The van der Waals surface area contributed by atoms with Crippen LogP contribution in [-0.2, 0) is 33.4 Å². The number of likely N-dealkylation sites (tertiary alicyclic amines) is 1. The van der Waals surface area contributed by atoms with Crippen LogP contribution in [0, 0.1) is 18.8 Å². The molecule has 2 N–H and O–H groups in total. The van der Waals surface area contributed by atoms with Crippen molar-refractivity contribution < 1.29 is 38.5 Å². The molecule has 3 amide bonds. The first-order valence-corrected chi connectivity index (χ1v) is 16.6. The highest BCUT2D eigenvalue weighted by Crippen LogP contribution is 2.56. The zero-order valence-corrected chi connectivity index (χ0v) is 27.8. The quantitative estimate of drug-likeness (QED) is 0.352. The van der Waals surface area contributed by atoms with Gasteiger partial charge in [-0.25, -0.2) is 0 Å². The van der Waals surface area contributed by atoms with E-state index in [4.69, 9.17) is 25.8 Å². The maximum Gasteiger partial charge on any atom is 0.313 e. The van der Waals surface area contributed by atoms with Gasteiger partial charge >= 0.3 is 5.97 Å². The maximum absolute atomic E-state index is 14.9. The van der Waals surface area contributed by atoms with Gasteiger partial charge in [0.1, 0.15) is 23.7 Å². The van der Waals surface area contributed by atoms with Crippen LogP contribution in [0.15, 0.2) is 72.8 Å². The number of cyclic esters (lactones) is 1. The monoisotopic (exact) mass is 677 g/mol. The largest absolute Gasteiger partial charge is 0.455 e. The molecular weight excluding hydrogens is 638 g/mol. The van der Waals surface area contributed by atoms with Crippen molar-refractivity contribution in [2.75, 3.05) is 31.8 Å². The number of para-hydroxylation sites is 1. The minimum Gasteiger partial charge on any atom is -0.455 e. The summed E-state index contributed by atoms with van der Waals surface area (Å²) in [5.41, 5.74) is 0.334.